The van der Waals surface area contributed by atoms with E-state index in [9.17, 15) is 18.0 Å². The number of amidine groups is 1. The average Bonchev–Trinajstić information content (AvgIpc) is 3.10. The zero-order valence-corrected chi connectivity index (χ0v) is 20.4. The van der Waals surface area contributed by atoms with E-state index in [0.29, 0.717) is 16.4 Å². The first-order chi connectivity index (χ1) is 16.2. The Labute approximate surface area is 206 Å². The van der Waals surface area contributed by atoms with Gasteiger partial charge in [0.2, 0.25) is 11.8 Å². The highest BCUT2D eigenvalue weighted by Gasteiger charge is 2.41. The second kappa shape index (κ2) is 10.0. The molecule has 1 aliphatic heterocycles. The molecular formula is C24H20ClN3O4S2. The molecule has 0 radical (unpaired) electrons. The Morgan fingerprint density at radius 2 is 1.68 bits per heavy atom. The number of amides is 2. The molecule has 2 amide bonds. The van der Waals surface area contributed by atoms with Crippen molar-refractivity contribution in [1.29, 1.82) is 0 Å². The number of hydrogen-bond acceptors (Lipinski definition) is 5. The Balaban J connectivity index is 1.61. The Morgan fingerprint density at radius 3 is 2.32 bits per heavy atom. The number of nitrogens with one attached hydrogen (secondary N) is 1. The van der Waals surface area contributed by atoms with E-state index in [1.54, 1.807) is 66.7 Å². The number of halogens is 1. The molecule has 1 aliphatic rings. The third-order valence-electron chi connectivity index (χ3n) is 4.97. The minimum absolute atomic E-state index is 0.000989. The van der Waals surface area contributed by atoms with Gasteiger partial charge in [-0.1, -0.05) is 59.3 Å². The van der Waals surface area contributed by atoms with Crippen molar-refractivity contribution in [3.05, 3.63) is 89.4 Å². The summed E-state index contributed by atoms with van der Waals surface area (Å²) >= 11 is 6.82. The number of thioether (sulfide) groups is 1. The van der Waals surface area contributed by atoms with Crippen molar-refractivity contribution in [1.82, 2.24) is 0 Å². The summed E-state index contributed by atoms with van der Waals surface area (Å²) in [6.07, 6.45) is -0.154. The third kappa shape index (κ3) is 5.49. The number of benzene rings is 3. The highest BCUT2D eigenvalue weighted by Crippen LogP contribution is 2.35. The fraction of sp³-hybridized carbons (Fsp3) is 0.125. The van der Waals surface area contributed by atoms with Crippen molar-refractivity contribution >= 4 is 61.7 Å². The van der Waals surface area contributed by atoms with Gasteiger partial charge in [0.05, 0.1) is 10.6 Å². The Morgan fingerprint density at radius 1 is 1.03 bits per heavy atom. The van der Waals surface area contributed by atoms with Gasteiger partial charge in [-0.25, -0.2) is 0 Å². The summed E-state index contributed by atoms with van der Waals surface area (Å²) in [5.41, 5.74) is 1.92. The summed E-state index contributed by atoms with van der Waals surface area (Å²) in [5, 5.41) is 2.43. The topological polar surface area (TPSA) is 95.9 Å². The van der Waals surface area contributed by atoms with Crippen LogP contribution in [0, 0.1) is 6.92 Å². The van der Waals surface area contributed by atoms with Gasteiger partial charge in [-0.05, 0) is 55.5 Å². The minimum Gasteiger partial charge on any atom is -0.326 e. The summed E-state index contributed by atoms with van der Waals surface area (Å²) in [4.78, 5) is 27.1. The molecule has 4 rings (SSSR count). The zero-order valence-electron chi connectivity index (χ0n) is 18.0. The fourth-order valence-corrected chi connectivity index (χ4v) is 5.72. The van der Waals surface area contributed by atoms with E-state index in [1.165, 1.54) is 17.0 Å². The van der Waals surface area contributed by atoms with Crippen molar-refractivity contribution in [3.63, 3.8) is 0 Å². The van der Waals surface area contributed by atoms with E-state index in [-0.39, 0.29) is 22.4 Å². The molecule has 3 aromatic carbocycles. The number of aryl methyl sites for hydroxylation is 1. The Hall–Kier alpha value is -3.14. The summed E-state index contributed by atoms with van der Waals surface area (Å²) in [5.74, 6) is -0.802. The van der Waals surface area contributed by atoms with Crippen LogP contribution in [0.1, 0.15) is 12.0 Å². The summed E-state index contributed by atoms with van der Waals surface area (Å²) in [6, 6.07) is 21.5. The van der Waals surface area contributed by atoms with Crippen molar-refractivity contribution < 1.29 is 18.0 Å². The van der Waals surface area contributed by atoms with Gasteiger partial charge in [0.15, 0.2) is 5.17 Å². The molecule has 1 fully saturated rings. The molecular weight excluding hydrogens is 494 g/mol. The Kier molecular flexibility index (Phi) is 7.06. The molecule has 1 unspecified atom stereocenters. The SMILES string of the molecule is Cc1ccc(S(=O)(=O)N=C2SC(CC(=O)Nc3ccc(Cl)cc3)C(=O)N2c2ccccc2)cc1. The van der Waals surface area contributed by atoms with Gasteiger partial charge in [-0.2, -0.15) is 8.42 Å². The summed E-state index contributed by atoms with van der Waals surface area (Å²) < 4.78 is 29.9. The number of sulfonamides is 1. The first-order valence-electron chi connectivity index (χ1n) is 10.3. The van der Waals surface area contributed by atoms with Gasteiger partial charge in [-0.15, -0.1) is 4.40 Å². The van der Waals surface area contributed by atoms with Crippen LogP contribution in [0.4, 0.5) is 11.4 Å². The maximum Gasteiger partial charge on any atom is 0.284 e. The van der Waals surface area contributed by atoms with Gasteiger partial charge < -0.3 is 5.32 Å². The van der Waals surface area contributed by atoms with Gasteiger partial charge in [0.25, 0.3) is 10.0 Å². The molecule has 174 valence electrons. The number of para-hydroxylation sites is 1. The monoisotopic (exact) mass is 513 g/mol. The predicted molar refractivity (Wildman–Crippen MR) is 136 cm³/mol. The average molecular weight is 514 g/mol. The van der Waals surface area contributed by atoms with Gasteiger partial charge in [-0.3, -0.25) is 14.5 Å². The number of anilines is 2. The largest absolute Gasteiger partial charge is 0.326 e. The van der Waals surface area contributed by atoms with Crippen LogP contribution in [-0.2, 0) is 19.6 Å². The molecule has 0 bridgehead atoms. The molecule has 1 heterocycles. The van der Waals surface area contributed by atoms with Gasteiger partial charge in [0.1, 0.15) is 5.25 Å². The normalized spacial score (nSPS) is 17.2. The lowest BCUT2D eigenvalue weighted by Crippen LogP contribution is -2.33. The van der Waals surface area contributed by atoms with E-state index in [4.69, 9.17) is 11.6 Å². The molecule has 7 nitrogen and oxygen atoms in total. The van der Waals surface area contributed by atoms with E-state index in [0.717, 1.165) is 17.3 Å². The Bertz CT molecular complexity index is 1340. The van der Waals surface area contributed by atoms with Crippen LogP contribution >= 0.6 is 23.4 Å². The molecule has 3 aromatic rings. The zero-order chi connectivity index (χ0) is 24.3. The second-order valence-electron chi connectivity index (χ2n) is 7.54. The van der Waals surface area contributed by atoms with E-state index < -0.39 is 21.2 Å². The molecule has 0 aromatic heterocycles. The van der Waals surface area contributed by atoms with Crippen LogP contribution in [0.2, 0.25) is 5.02 Å². The third-order valence-corrected chi connectivity index (χ3v) is 7.75. The standard InChI is InChI=1S/C24H20ClN3O4S2/c1-16-7-13-20(14-8-16)34(31,32)27-24-28(19-5-3-2-4-6-19)23(30)21(33-24)15-22(29)26-18-11-9-17(25)10-12-18/h2-14,21H,15H2,1H3,(H,26,29). The lowest BCUT2D eigenvalue weighted by Gasteiger charge is -2.16. The highest BCUT2D eigenvalue weighted by atomic mass is 35.5. The highest BCUT2D eigenvalue weighted by molar-refractivity contribution is 8.16. The van der Waals surface area contributed by atoms with Crippen molar-refractivity contribution in [2.45, 2.75) is 23.5 Å². The van der Waals surface area contributed by atoms with E-state index in [2.05, 4.69) is 9.71 Å². The number of rotatable bonds is 6. The maximum absolute atomic E-state index is 13.2. The van der Waals surface area contributed by atoms with Crippen LogP contribution in [0.15, 0.2) is 88.2 Å². The summed E-state index contributed by atoms with van der Waals surface area (Å²) in [6.45, 7) is 1.85. The molecule has 1 atom stereocenters. The van der Waals surface area contributed by atoms with E-state index >= 15 is 0 Å². The number of nitrogens with zero attached hydrogens (tertiary/aromatic N) is 2. The first-order valence-corrected chi connectivity index (χ1v) is 13.0. The molecule has 0 spiro atoms. The first kappa shape index (κ1) is 24.0. The predicted octanol–water partition coefficient (Wildman–Crippen LogP) is 4.87. The molecule has 34 heavy (non-hydrogen) atoms. The number of hydrogen-bond donors (Lipinski definition) is 1. The lowest BCUT2D eigenvalue weighted by molar-refractivity contribution is -0.121. The molecule has 1 saturated heterocycles. The van der Waals surface area contributed by atoms with Gasteiger partial charge >= 0.3 is 0 Å². The van der Waals surface area contributed by atoms with Crippen molar-refractivity contribution in [3.8, 4) is 0 Å². The van der Waals surface area contributed by atoms with Crippen LogP contribution in [0.5, 0.6) is 0 Å². The number of carbonyl (C=O) groups excluding carboxylic acids is 2. The molecule has 0 aliphatic carbocycles. The van der Waals surface area contributed by atoms with E-state index in [1.807, 2.05) is 6.92 Å². The smallest absolute Gasteiger partial charge is 0.284 e. The molecule has 0 saturated carbocycles. The molecule has 10 heteroatoms. The number of carbonyl (C=O) groups is 2. The fourth-order valence-electron chi connectivity index (χ4n) is 3.25. The van der Waals surface area contributed by atoms with Crippen LogP contribution < -0.4 is 10.2 Å². The molecule has 1 N–H and O–H groups in total. The van der Waals surface area contributed by atoms with Crippen molar-refractivity contribution in [2.75, 3.05) is 10.2 Å². The summed E-state index contributed by atoms with van der Waals surface area (Å²) in [7, 11) is -4.07. The maximum atomic E-state index is 13.2. The minimum atomic E-state index is -4.07. The lowest BCUT2D eigenvalue weighted by atomic mass is 10.2. The van der Waals surface area contributed by atoms with Crippen LogP contribution in [0.25, 0.3) is 0 Å². The quantitative estimate of drug-likeness (QED) is 0.507. The second-order valence-corrected chi connectivity index (χ2v) is 10.7. The van der Waals surface area contributed by atoms with Gasteiger partial charge in [0, 0.05) is 17.1 Å². The van der Waals surface area contributed by atoms with Crippen LogP contribution in [0.3, 0.4) is 0 Å². The van der Waals surface area contributed by atoms with Crippen LogP contribution in [-0.4, -0.2) is 30.6 Å². The van der Waals surface area contributed by atoms with Crippen molar-refractivity contribution in [2.24, 2.45) is 4.40 Å².